The summed E-state index contributed by atoms with van der Waals surface area (Å²) in [5, 5.41) is 8.77. The molecule has 2 rings (SSSR count). The molecule has 1 fully saturated rings. The number of aromatic nitrogens is 2. The fraction of sp³-hybridized carbons (Fsp3) is 0.615. The van der Waals surface area contributed by atoms with Crippen LogP contribution in [0, 0.1) is 5.41 Å². The highest BCUT2D eigenvalue weighted by Crippen LogP contribution is 2.41. The minimum atomic E-state index is -0.971. The van der Waals surface area contributed by atoms with E-state index in [1.54, 1.807) is 0 Å². The van der Waals surface area contributed by atoms with Crippen LogP contribution in [0.4, 0.5) is 0 Å². The Morgan fingerprint density at radius 2 is 1.82 bits per heavy atom. The van der Waals surface area contributed by atoms with Crippen LogP contribution in [0.3, 0.4) is 0 Å². The lowest BCUT2D eigenvalue weighted by Crippen LogP contribution is -2.21. The number of carboxylic acid groups (broad SMARTS) is 1. The molecule has 92 valence electrons. The maximum atomic E-state index is 10.7. The third-order valence-corrected chi connectivity index (χ3v) is 3.62. The van der Waals surface area contributed by atoms with Crippen molar-refractivity contribution in [2.45, 2.75) is 45.4 Å². The topological polar surface area (TPSA) is 63.1 Å². The third kappa shape index (κ3) is 2.81. The number of nitrogens with zero attached hydrogens (tertiary/aromatic N) is 2. The lowest BCUT2D eigenvalue weighted by molar-refractivity contribution is 0.0696. The quantitative estimate of drug-likeness (QED) is 0.854. The van der Waals surface area contributed by atoms with Crippen LogP contribution >= 0.6 is 0 Å². The Balaban J connectivity index is 2.06. The summed E-state index contributed by atoms with van der Waals surface area (Å²) >= 11 is 0. The Morgan fingerprint density at radius 3 is 2.29 bits per heavy atom. The molecule has 1 saturated carbocycles. The molecule has 1 aliphatic rings. The van der Waals surface area contributed by atoms with Gasteiger partial charge in [-0.15, -0.1) is 0 Å². The molecule has 0 amide bonds. The zero-order chi connectivity index (χ0) is 12.5. The Labute approximate surface area is 101 Å². The minimum Gasteiger partial charge on any atom is -0.478 e. The van der Waals surface area contributed by atoms with Gasteiger partial charge < -0.3 is 5.11 Å². The number of carbonyl (C=O) groups is 1. The molecule has 4 nitrogen and oxygen atoms in total. The first-order valence-electron chi connectivity index (χ1n) is 6.03. The first-order chi connectivity index (χ1) is 7.98. The van der Waals surface area contributed by atoms with E-state index >= 15 is 0 Å². The van der Waals surface area contributed by atoms with E-state index < -0.39 is 5.97 Å². The molecular weight excluding hydrogens is 216 g/mol. The summed E-state index contributed by atoms with van der Waals surface area (Å²) in [6.45, 7) is 4.58. The Hall–Kier alpha value is -1.45. The highest BCUT2D eigenvalue weighted by atomic mass is 16.4. The zero-order valence-corrected chi connectivity index (χ0v) is 10.3. The second-order valence-corrected chi connectivity index (χ2v) is 5.57. The molecular formula is C13H18N2O2. The van der Waals surface area contributed by atoms with Gasteiger partial charge in [-0.3, -0.25) is 0 Å². The van der Waals surface area contributed by atoms with E-state index in [-0.39, 0.29) is 5.56 Å². The van der Waals surface area contributed by atoms with Crippen molar-refractivity contribution in [2.24, 2.45) is 5.41 Å². The first-order valence-corrected chi connectivity index (χ1v) is 6.03. The van der Waals surface area contributed by atoms with Gasteiger partial charge in [0.05, 0.1) is 5.56 Å². The Kier molecular flexibility index (Phi) is 3.13. The second kappa shape index (κ2) is 4.43. The highest BCUT2D eigenvalue weighted by Gasteiger charge is 2.28. The number of aromatic carboxylic acids is 1. The van der Waals surface area contributed by atoms with Gasteiger partial charge in [-0.25, -0.2) is 14.8 Å². The van der Waals surface area contributed by atoms with E-state index in [0.717, 1.165) is 18.7 Å². The molecule has 1 heterocycles. The molecule has 0 saturated heterocycles. The monoisotopic (exact) mass is 234 g/mol. The van der Waals surface area contributed by atoms with Gasteiger partial charge in [0.25, 0.3) is 0 Å². The SMILES string of the molecule is CC1(C)CCC(c2ncc(C(=O)O)cn2)CC1. The van der Waals surface area contributed by atoms with Gasteiger partial charge in [0.1, 0.15) is 5.82 Å². The smallest absolute Gasteiger partial charge is 0.338 e. The third-order valence-electron chi connectivity index (χ3n) is 3.62. The molecule has 0 bridgehead atoms. The van der Waals surface area contributed by atoms with Gasteiger partial charge in [0.2, 0.25) is 0 Å². The summed E-state index contributed by atoms with van der Waals surface area (Å²) < 4.78 is 0. The van der Waals surface area contributed by atoms with E-state index in [0.29, 0.717) is 11.3 Å². The second-order valence-electron chi connectivity index (χ2n) is 5.57. The fourth-order valence-corrected chi connectivity index (χ4v) is 2.32. The lowest BCUT2D eigenvalue weighted by Gasteiger charge is -2.33. The van der Waals surface area contributed by atoms with Crippen LogP contribution in [0.25, 0.3) is 0 Å². The maximum Gasteiger partial charge on any atom is 0.338 e. The summed E-state index contributed by atoms with van der Waals surface area (Å²) in [5.74, 6) is 0.220. The number of hydrogen-bond acceptors (Lipinski definition) is 3. The number of rotatable bonds is 2. The normalized spacial score (nSPS) is 20.1. The van der Waals surface area contributed by atoms with Crippen LogP contribution in [0.15, 0.2) is 12.4 Å². The predicted octanol–water partition coefficient (Wildman–Crippen LogP) is 2.86. The van der Waals surface area contributed by atoms with E-state index in [1.165, 1.54) is 25.2 Å². The molecule has 0 aromatic carbocycles. The highest BCUT2D eigenvalue weighted by molar-refractivity contribution is 5.86. The minimum absolute atomic E-state index is 0.157. The van der Waals surface area contributed by atoms with Crippen molar-refractivity contribution >= 4 is 5.97 Å². The van der Waals surface area contributed by atoms with Crippen LogP contribution in [-0.4, -0.2) is 21.0 Å². The van der Waals surface area contributed by atoms with Crippen LogP contribution in [0.5, 0.6) is 0 Å². The van der Waals surface area contributed by atoms with Gasteiger partial charge in [-0.2, -0.15) is 0 Å². The molecule has 0 aliphatic heterocycles. The maximum absolute atomic E-state index is 10.7. The zero-order valence-electron chi connectivity index (χ0n) is 10.3. The molecule has 1 N–H and O–H groups in total. The van der Waals surface area contributed by atoms with E-state index in [4.69, 9.17) is 5.11 Å². The van der Waals surface area contributed by atoms with Crippen molar-refractivity contribution in [1.29, 1.82) is 0 Å². The van der Waals surface area contributed by atoms with E-state index in [2.05, 4.69) is 23.8 Å². The average molecular weight is 234 g/mol. The van der Waals surface area contributed by atoms with Crippen molar-refractivity contribution < 1.29 is 9.90 Å². The number of carboxylic acids is 1. The van der Waals surface area contributed by atoms with Crippen LogP contribution in [-0.2, 0) is 0 Å². The summed E-state index contributed by atoms with van der Waals surface area (Å²) in [6.07, 6.45) is 7.37. The first kappa shape index (κ1) is 12.0. The van der Waals surface area contributed by atoms with Crippen LogP contribution in [0.2, 0.25) is 0 Å². The molecule has 1 aromatic heterocycles. The molecule has 0 atom stereocenters. The summed E-state index contributed by atoms with van der Waals surface area (Å²) in [4.78, 5) is 19.1. The number of hydrogen-bond donors (Lipinski definition) is 1. The van der Waals surface area contributed by atoms with Gasteiger partial charge >= 0.3 is 5.97 Å². The van der Waals surface area contributed by atoms with Crippen molar-refractivity contribution in [1.82, 2.24) is 9.97 Å². The molecule has 1 aliphatic carbocycles. The van der Waals surface area contributed by atoms with Crippen molar-refractivity contribution in [3.8, 4) is 0 Å². The summed E-state index contributed by atoms with van der Waals surface area (Å²) in [7, 11) is 0. The summed E-state index contributed by atoms with van der Waals surface area (Å²) in [6, 6.07) is 0. The van der Waals surface area contributed by atoms with Crippen LogP contribution < -0.4 is 0 Å². The molecule has 0 unspecified atom stereocenters. The molecule has 4 heteroatoms. The lowest BCUT2D eigenvalue weighted by atomic mass is 9.73. The van der Waals surface area contributed by atoms with Gasteiger partial charge in [-0.1, -0.05) is 13.8 Å². The van der Waals surface area contributed by atoms with Crippen molar-refractivity contribution in [3.05, 3.63) is 23.8 Å². The van der Waals surface area contributed by atoms with Crippen LogP contribution in [0.1, 0.15) is 61.6 Å². The van der Waals surface area contributed by atoms with E-state index in [1.807, 2.05) is 0 Å². The Morgan fingerprint density at radius 1 is 1.29 bits per heavy atom. The van der Waals surface area contributed by atoms with E-state index in [9.17, 15) is 4.79 Å². The van der Waals surface area contributed by atoms with Gasteiger partial charge in [0.15, 0.2) is 0 Å². The summed E-state index contributed by atoms with van der Waals surface area (Å²) in [5.41, 5.74) is 0.585. The Bertz CT molecular complexity index is 402. The standard InChI is InChI=1S/C13H18N2O2/c1-13(2)5-3-9(4-6-13)11-14-7-10(8-15-11)12(16)17/h7-9H,3-6H2,1-2H3,(H,16,17). The molecule has 0 radical (unpaired) electrons. The van der Waals surface area contributed by atoms with Gasteiger partial charge in [-0.05, 0) is 31.1 Å². The average Bonchev–Trinajstić information content (AvgIpc) is 2.29. The molecule has 1 aromatic rings. The fourth-order valence-electron chi connectivity index (χ4n) is 2.32. The molecule has 0 spiro atoms. The largest absolute Gasteiger partial charge is 0.478 e. The van der Waals surface area contributed by atoms with Gasteiger partial charge in [0, 0.05) is 18.3 Å². The molecule has 17 heavy (non-hydrogen) atoms. The van der Waals surface area contributed by atoms with Crippen molar-refractivity contribution in [3.63, 3.8) is 0 Å². The van der Waals surface area contributed by atoms with Crippen molar-refractivity contribution in [2.75, 3.05) is 0 Å². The predicted molar refractivity (Wildman–Crippen MR) is 64.0 cm³/mol.